The average molecular weight is 602 g/mol. The molecule has 5 rings (SSSR count). The van der Waals surface area contributed by atoms with Crippen LogP contribution in [0.5, 0.6) is 5.75 Å². The van der Waals surface area contributed by atoms with E-state index in [2.05, 4.69) is 11.4 Å². The molecule has 0 aliphatic carbocycles. The smallest absolute Gasteiger partial charge is 0.237 e. The molecular formula is C35H27N3O3S2. The maximum absolute atomic E-state index is 13.2. The van der Waals surface area contributed by atoms with E-state index in [4.69, 9.17) is 9.72 Å². The third-order valence-electron chi connectivity index (χ3n) is 6.61. The number of benzene rings is 3. The number of carbonyl (C=O) groups is 2. The molecule has 0 bridgehead atoms. The van der Waals surface area contributed by atoms with E-state index in [9.17, 15) is 14.9 Å². The summed E-state index contributed by atoms with van der Waals surface area (Å²) in [6, 6.07) is 32.1. The van der Waals surface area contributed by atoms with Crippen molar-refractivity contribution in [1.82, 2.24) is 4.98 Å². The van der Waals surface area contributed by atoms with Gasteiger partial charge >= 0.3 is 0 Å². The van der Waals surface area contributed by atoms with Gasteiger partial charge in [-0.2, -0.15) is 5.26 Å². The predicted molar refractivity (Wildman–Crippen MR) is 174 cm³/mol. The summed E-state index contributed by atoms with van der Waals surface area (Å²) in [6.07, 6.45) is 3.33. The van der Waals surface area contributed by atoms with Gasteiger partial charge in [-0.1, -0.05) is 48.2 Å². The second kappa shape index (κ2) is 13.8. The van der Waals surface area contributed by atoms with Crippen LogP contribution in [0.1, 0.15) is 27.7 Å². The van der Waals surface area contributed by atoms with Crippen molar-refractivity contribution in [3.63, 3.8) is 0 Å². The standard InChI is InChI=1S/C35H27N3O3S2/c1-23(34(40)37-27-14-10-26(11-15-27)33(39)19-18-29-9-6-20-42-29)43-35-31(22-36)30(24-7-4-3-5-8-24)21-32(38-35)25-12-16-28(41-2)17-13-25/h3-21,23H,1-2H3,(H,37,40)/b19-18+/t23-/m1/s1. The van der Waals surface area contributed by atoms with Crippen LogP contribution in [0.2, 0.25) is 0 Å². The lowest BCUT2D eigenvalue weighted by Gasteiger charge is -2.16. The van der Waals surface area contributed by atoms with Gasteiger partial charge in [0.15, 0.2) is 5.78 Å². The predicted octanol–water partition coefficient (Wildman–Crippen LogP) is 8.37. The largest absolute Gasteiger partial charge is 0.497 e. The second-order valence-corrected chi connectivity index (χ2v) is 11.8. The van der Waals surface area contributed by atoms with E-state index in [0.29, 0.717) is 27.5 Å². The number of pyridine rings is 1. The number of amides is 1. The minimum absolute atomic E-state index is 0.115. The van der Waals surface area contributed by atoms with Gasteiger partial charge in [0.25, 0.3) is 0 Å². The Labute approximate surface area is 258 Å². The number of nitrogens with one attached hydrogen (secondary N) is 1. The number of thioether (sulfide) groups is 1. The summed E-state index contributed by atoms with van der Waals surface area (Å²) in [5.74, 6) is 0.368. The van der Waals surface area contributed by atoms with Crippen LogP contribution >= 0.6 is 23.1 Å². The Hall–Kier alpha value is -4.97. The summed E-state index contributed by atoms with van der Waals surface area (Å²) in [4.78, 5) is 31.6. The van der Waals surface area contributed by atoms with Crippen molar-refractivity contribution in [3.8, 4) is 34.2 Å². The molecule has 0 fully saturated rings. The summed E-state index contributed by atoms with van der Waals surface area (Å²) in [5.41, 5.74) is 4.68. The zero-order valence-corrected chi connectivity index (χ0v) is 25.1. The number of nitrogens with zero attached hydrogens (tertiary/aromatic N) is 2. The van der Waals surface area contributed by atoms with Crippen molar-refractivity contribution in [2.24, 2.45) is 0 Å². The first-order valence-corrected chi connectivity index (χ1v) is 15.2. The lowest BCUT2D eigenvalue weighted by atomic mass is 9.99. The molecule has 6 nitrogen and oxygen atoms in total. The number of ether oxygens (including phenoxy) is 1. The van der Waals surface area contributed by atoms with Crippen LogP contribution in [0, 0.1) is 11.3 Å². The Morgan fingerprint density at radius 1 is 0.977 bits per heavy atom. The van der Waals surface area contributed by atoms with Gasteiger partial charge in [-0.3, -0.25) is 9.59 Å². The number of hydrogen-bond acceptors (Lipinski definition) is 7. The van der Waals surface area contributed by atoms with Crippen molar-refractivity contribution in [2.45, 2.75) is 17.2 Å². The highest BCUT2D eigenvalue weighted by Gasteiger charge is 2.22. The monoisotopic (exact) mass is 601 g/mol. The molecule has 43 heavy (non-hydrogen) atoms. The molecule has 0 aliphatic heterocycles. The number of anilines is 1. The highest BCUT2D eigenvalue weighted by Crippen LogP contribution is 2.36. The number of methoxy groups -OCH3 is 1. The zero-order chi connectivity index (χ0) is 30.2. The number of aromatic nitrogens is 1. The molecule has 0 radical (unpaired) electrons. The van der Waals surface area contributed by atoms with E-state index < -0.39 is 5.25 Å². The summed E-state index contributed by atoms with van der Waals surface area (Å²) in [5, 5.41) is 15.0. The van der Waals surface area contributed by atoms with Crippen LogP contribution in [-0.4, -0.2) is 29.0 Å². The molecule has 0 saturated carbocycles. The Bertz CT molecular complexity index is 1790. The third-order valence-corrected chi connectivity index (χ3v) is 8.53. The molecule has 3 aromatic carbocycles. The van der Waals surface area contributed by atoms with Gasteiger partial charge in [0.1, 0.15) is 16.8 Å². The normalized spacial score (nSPS) is 11.6. The quantitative estimate of drug-likeness (QED) is 0.0982. The average Bonchev–Trinajstić information content (AvgIpc) is 3.58. The summed E-state index contributed by atoms with van der Waals surface area (Å²) in [6.45, 7) is 1.78. The Morgan fingerprint density at radius 3 is 2.37 bits per heavy atom. The van der Waals surface area contributed by atoms with E-state index in [1.54, 1.807) is 61.8 Å². The number of thiophene rings is 1. The van der Waals surface area contributed by atoms with Crippen molar-refractivity contribution >= 4 is 46.6 Å². The van der Waals surface area contributed by atoms with Gasteiger partial charge in [0, 0.05) is 27.3 Å². The van der Waals surface area contributed by atoms with Crippen LogP contribution in [-0.2, 0) is 4.79 Å². The fourth-order valence-electron chi connectivity index (χ4n) is 4.29. The molecule has 1 N–H and O–H groups in total. The summed E-state index contributed by atoms with van der Waals surface area (Å²) < 4.78 is 5.30. The van der Waals surface area contributed by atoms with Crippen LogP contribution in [0.15, 0.2) is 114 Å². The number of hydrogen-bond donors (Lipinski definition) is 1. The fourth-order valence-corrected chi connectivity index (χ4v) is 5.84. The van der Waals surface area contributed by atoms with E-state index in [-0.39, 0.29) is 11.7 Å². The van der Waals surface area contributed by atoms with Crippen molar-refractivity contribution in [3.05, 3.63) is 125 Å². The number of nitriles is 1. The molecule has 0 spiro atoms. The van der Waals surface area contributed by atoms with Crippen molar-refractivity contribution in [1.29, 1.82) is 5.26 Å². The molecule has 1 atom stereocenters. The Morgan fingerprint density at radius 2 is 1.72 bits per heavy atom. The maximum Gasteiger partial charge on any atom is 0.237 e. The maximum atomic E-state index is 13.2. The van der Waals surface area contributed by atoms with Crippen molar-refractivity contribution < 1.29 is 14.3 Å². The molecule has 0 aliphatic rings. The summed E-state index contributed by atoms with van der Waals surface area (Å²) in [7, 11) is 1.61. The van der Waals surface area contributed by atoms with Gasteiger partial charge in [-0.25, -0.2) is 4.98 Å². The summed E-state index contributed by atoms with van der Waals surface area (Å²) >= 11 is 2.79. The van der Waals surface area contributed by atoms with E-state index >= 15 is 0 Å². The highest BCUT2D eigenvalue weighted by atomic mass is 32.2. The van der Waals surface area contributed by atoms with Crippen LogP contribution < -0.4 is 10.1 Å². The first-order chi connectivity index (χ1) is 20.9. The molecule has 8 heteroatoms. The first kappa shape index (κ1) is 29.5. The molecule has 0 unspecified atom stereocenters. The van der Waals surface area contributed by atoms with Gasteiger partial charge in [0.05, 0.1) is 23.6 Å². The van der Waals surface area contributed by atoms with Gasteiger partial charge in [-0.15, -0.1) is 11.3 Å². The van der Waals surface area contributed by atoms with Crippen molar-refractivity contribution in [2.75, 3.05) is 12.4 Å². The van der Waals surface area contributed by atoms with Gasteiger partial charge < -0.3 is 10.1 Å². The van der Waals surface area contributed by atoms with Gasteiger partial charge in [-0.05, 0) is 90.7 Å². The SMILES string of the molecule is COc1ccc(-c2cc(-c3ccccc3)c(C#N)c(S[C@H](C)C(=O)Nc3ccc(C(=O)/C=C/c4cccs4)cc3)n2)cc1. The molecule has 1 amide bonds. The number of rotatable bonds is 10. The number of allylic oxidation sites excluding steroid dienone is 1. The lowest BCUT2D eigenvalue weighted by Crippen LogP contribution is -2.22. The molecule has 5 aromatic rings. The van der Waals surface area contributed by atoms with Gasteiger partial charge in [0.2, 0.25) is 5.91 Å². The fraction of sp³-hybridized carbons (Fsp3) is 0.0857. The zero-order valence-electron chi connectivity index (χ0n) is 23.5. The molecule has 212 valence electrons. The Balaban J connectivity index is 1.36. The van der Waals surface area contributed by atoms with E-state index in [1.807, 2.05) is 78.2 Å². The second-order valence-electron chi connectivity index (χ2n) is 9.48. The van der Waals surface area contributed by atoms with Crippen LogP contribution in [0.25, 0.3) is 28.5 Å². The lowest BCUT2D eigenvalue weighted by molar-refractivity contribution is -0.115. The number of carbonyl (C=O) groups excluding carboxylic acids is 2. The van der Waals surface area contributed by atoms with E-state index in [0.717, 1.165) is 27.3 Å². The molecule has 0 saturated heterocycles. The highest BCUT2D eigenvalue weighted by molar-refractivity contribution is 8.00. The Kier molecular flexibility index (Phi) is 9.47. The topological polar surface area (TPSA) is 92.1 Å². The van der Waals surface area contributed by atoms with Crippen LogP contribution in [0.4, 0.5) is 5.69 Å². The molecular weight excluding hydrogens is 575 g/mol. The van der Waals surface area contributed by atoms with Crippen LogP contribution in [0.3, 0.4) is 0 Å². The molecule has 2 aromatic heterocycles. The van der Waals surface area contributed by atoms with E-state index in [1.165, 1.54) is 11.8 Å². The minimum Gasteiger partial charge on any atom is -0.497 e. The molecule has 2 heterocycles. The number of ketones is 1. The third kappa shape index (κ3) is 7.28. The minimum atomic E-state index is -0.565. The first-order valence-electron chi connectivity index (χ1n) is 13.4.